The lowest BCUT2D eigenvalue weighted by Gasteiger charge is -2.46. The van der Waals surface area contributed by atoms with Crippen LogP contribution in [-0.4, -0.2) is 55.6 Å². The van der Waals surface area contributed by atoms with Crippen LogP contribution < -0.4 is 0 Å². The van der Waals surface area contributed by atoms with Gasteiger partial charge in [-0.3, -0.25) is 9.59 Å². The zero-order chi connectivity index (χ0) is 19.4. The minimum atomic E-state index is -4.22. The van der Waals surface area contributed by atoms with Gasteiger partial charge in [-0.15, -0.1) is 0 Å². The number of hydrogen-bond donors (Lipinski definition) is 0. The summed E-state index contributed by atoms with van der Waals surface area (Å²) >= 11 is 0. The fraction of sp³-hybridized carbons (Fsp3) is 0.667. The van der Waals surface area contributed by atoms with Gasteiger partial charge < -0.3 is 18.9 Å². The van der Waals surface area contributed by atoms with Gasteiger partial charge in [0.15, 0.2) is 12.8 Å². The van der Waals surface area contributed by atoms with Crippen LogP contribution in [0.25, 0.3) is 0 Å². The van der Waals surface area contributed by atoms with E-state index in [0.29, 0.717) is 0 Å². The molecular formula is C15H19F3O7. The molecule has 1 fully saturated rings. The second-order valence-corrected chi connectivity index (χ2v) is 5.58. The van der Waals surface area contributed by atoms with Crippen molar-refractivity contribution >= 4 is 17.9 Å². The Morgan fingerprint density at radius 2 is 1.80 bits per heavy atom. The van der Waals surface area contributed by atoms with Crippen LogP contribution in [0.15, 0.2) is 12.2 Å². The first-order valence-corrected chi connectivity index (χ1v) is 7.24. The highest BCUT2D eigenvalue weighted by molar-refractivity contribution is 5.86. The number of ether oxygens (including phenoxy) is 4. The molecule has 0 spiro atoms. The largest absolute Gasteiger partial charge is 0.462 e. The van der Waals surface area contributed by atoms with Gasteiger partial charge in [-0.1, -0.05) is 6.58 Å². The van der Waals surface area contributed by atoms with Gasteiger partial charge in [0.25, 0.3) is 0 Å². The summed E-state index contributed by atoms with van der Waals surface area (Å²) in [5.74, 6) is -11.9. The fourth-order valence-corrected chi connectivity index (χ4v) is 2.21. The van der Waals surface area contributed by atoms with E-state index in [4.69, 9.17) is 9.47 Å². The predicted molar refractivity (Wildman–Crippen MR) is 76.2 cm³/mol. The van der Waals surface area contributed by atoms with Gasteiger partial charge in [0, 0.05) is 19.4 Å². The van der Waals surface area contributed by atoms with Gasteiger partial charge >= 0.3 is 29.6 Å². The Kier molecular flexibility index (Phi) is 6.58. The first kappa shape index (κ1) is 20.9. The molecular weight excluding hydrogens is 349 g/mol. The van der Waals surface area contributed by atoms with Crippen LogP contribution in [-0.2, 0) is 33.3 Å². The highest BCUT2D eigenvalue weighted by atomic mass is 19.3. The molecule has 0 aromatic carbocycles. The van der Waals surface area contributed by atoms with Gasteiger partial charge in [0.05, 0.1) is 12.5 Å². The molecule has 3 unspecified atom stereocenters. The molecule has 0 amide bonds. The highest BCUT2D eigenvalue weighted by Gasteiger charge is 2.69. The molecule has 0 bridgehead atoms. The zero-order valence-electron chi connectivity index (χ0n) is 14.0. The third-order valence-electron chi connectivity index (χ3n) is 3.38. The van der Waals surface area contributed by atoms with Gasteiger partial charge in [-0.25, -0.2) is 9.18 Å². The molecule has 0 aromatic rings. The monoisotopic (exact) mass is 368 g/mol. The molecule has 1 heterocycles. The van der Waals surface area contributed by atoms with Crippen LogP contribution in [0.3, 0.4) is 0 Å². The molecule has 1 aliphatic heterocycles. The Morgan fingerprint density at radius 1 is 1.20 bits per heavy atom. The van der Waals surface area contributed by atoms with Crippen LogP contribution in [0.4, 0.5) is 13.2 Å². The van der Waals surface area contributed by atoms with Crippen molar-refractivity contribution in [3.8, 4) is 0 Å². The number of rotatable bonds is 6. The zero-order valence-corrected chi connectivity index (χ0v) is 14.0. The van der Waals surface area contributed by atoms with Crippen molar-refractivity contribution in [2.24, 2.45) is 5.92 Å². The molecule has 0 aromatic heterocycles. The minimum absolute atomic E-state index is 0.0329. The Hall–Kier alpha value is -2.10. The van der Waals surface area contributed by atoms with E-state index in [9.17, 15) is 27.6 Å². The van der Waals surface area contributed by atoms with Crippen LogP contribution in [0.2, 0.25) is 0 Å². The van der Waals surface area contributed by atoms with Gasteiger partial charge in [0.2, 0.25) is 0 Å². The van der Waals surface area contributed by atoms with E-state index in [1.54, 1.807) is 0 Å². The molecule has 0 saturated carbocycles. The Balaban J connectivity index is 3.11. The lowest BCUT2D eigenvalue weighted by molar-refractivity contribution is -0.383. The maximum absolute atomic E-state index is 14.8. The van der Waals surface area contributed by atoms with Gasteiger partial charge in [-0.2, -0.15) is 8.78 Å². The quantitative estimate of drug-likeness (QED) is 0.399. The van der Waals surface area contributed by atoms with Crippen molar-refractivity contribution in [1.82, 2.24) is 0 Å². The molecule has 1 aliphatic rings. The van der Waals surface area contributed by atoms with Gasteiger partial charge in [-0.05, 0) is 6.92 Å². The van der Waals surface area contributed by atoms with E-state index in [1.165, 1.54) is 6.92 Å². The smallest absolute Gasteiger partial charge is 0.351 e. The van der Waals surface area contributed by atoms with Crippen molar-refractivity contribution in [3.05, 3.63) is 12.2 Å². The van der Waals surface area contributed by atoms with Crippen LogP contribution >= 0.6 is 0 Å². The molecule has 7 nitrogen and oxygen atoms in total. The summed E-state index contributed by atoms with van der Waals surface area (Å²) in [5, 5.41) is 0. The van der Waals surface area contributed by atoms with Crippen molar-refractivity contribution in [2.75, 3.05) is 19.9 Å². The second-order valence-electron chi connectivity index (χ2n) is 5.58. The van der Waals surface area contributed by atoms with Gasteiger partial charge in [0.1, 0.15) is 6.61 Å². The molecule has 10 heteroatoms. The summed E-state index contributed by atoms with van der Waals surface area (Å²) in [5.41, 5.74) is 0.0329. The number of halogens is 3. The van der Waals surface area contributed by atoms with Crippen LogP contribution in [0.5, 0.6) is 0 Å². The Labute approximate surface area is 142 Å². The van der Waals surface area contributed by atoms with E-state index in [-0.39, 0.29) is 5.57 Å². The van der Waals surface area contributed by atoms with Crippen LogP contribution in [0, 0.1) is 5.92 Å². The topological polar surface area (TPSA) is 88.1 Å². The third-order valence-corrected chi connectivity index (χ3v) is 3.38. The van der Waals surface area contributed by atoms with E-state index in [2.05, 4.69) is 16.1 Å². The second kappa shape index (κ2) is 7.85. The summed E-state index contributed by atoms with van der Waals surface area (Å²) in [6, 6.07) is 0. The molecule has 1 saturated heterocycles. The lowest BCUT2D eigenvalue weighted by Crippen LogP contribution is -2.68. The third kappa shape index (κ3) is 4.50. The van der Waals surface area contributed by atoms with Crippen molar-refractivity contribution in [3.63, 3.8) is 0 Å². The summed E-state index contributed by atoms with van der Waals surface area (Å²) in [6.45, 7) is 3.31. The molecule has 25 heavy (non-hydrogen) atoms. The van der Waals surface area contributed by atoms with E-state index in [1.807, 2.05) is 0 Å². The summed E-state index contributed by atoms with van der Waals surface area (Å²) in [7, 11) is 0. The summed E-state index contributed by atoms with van der Waals surface area (Å²) < 4.78 is 61.4. The molecule has 1 rings (SSSR count). The fourth-order valence-electron chi connectivity index (χ4n) is 2.21. The Bertz CT molecular complexity index is 563. The average molecular weight is 368 g/mol. The number of carbonyl (C=O) groups excluding carboxylic acids is 3. The van der Waals surface area contributed by atoms with Crippen molar-refractivity contribution in [1.29, 1.82) is 0 Å². The van der Waals surface area contributed by atoms with E-state index >= 15 is 0 Å². The molecule has 0 N–H and O–H groups in total. The summed E-state index contributed by atoms with van der Waals surface area (Å²) in [6.07, 6.45) is -2.23. The van der Waals surface area contributed by atoms with E-state index < -0.39 is 61.5 Å². The predicted octanol–water partition coefficient (Wildman–Crippen LogP) is 1.55. The standard InChI is InChI=1S/C15H19F3O7/c1-8(2)13(21)22-5-11-6-23-14(7-16,25-10(4)20)15(17,18)12(11)24-9(3)19/h11-12H,1,5-7H2,2-4H3. The number of hydrogen-bond acceptors (Lipinski definition) is 7. The first-order valence-electron chi connectivity index (χ1n) is 7.24. The normalized spacial score (nSPS) is 27.9. The van der Waals surface area contributed by atoms with E-state index in [0.717, 1.165) is 13.8 Å². The lowest BCUT2D eigenvalue weighted by atomic mass is 9.89. The number of alkyl halides is 3. The molecule has 142 valence electrons. The first-order chi connectivity index (χ1) is 11.5. The highest BCUT2D eigenvalue weighted by Crippen LogP contribution is 2.45. The number of carbonyl (C=O) groups is 3. The molecule has 0 radical (unpaired) electrons. The maximum atomic E-state index is 14.8. The SMILES string of the molecule is C=C(C)C(=O)OCC1COC(CF)(OC(C)=O)C(F)(F)C1OC(C)=O. The molecule has 3 atom stereocenters. The maximum Gasteiger partial charge on any atom is 0.351 e. The summed E-state index contributed by atoms with van der Waals surface area (Å²) in [4.78, 5) is 33.7. The number of esters is 3. The Morgan fingerprint density at radius 3 is 2.24 bits per heavy atom. The molecule has 0 aliphatic carbocycles. The average Bonchev–Trinajstić information content (AvgIpc) is 2.49. The minimum Gasteiger partial charge on any atom is -0.462 e. The van der Waals surface area contributed by atoms with Crippen LogP contribution in [0.1, 0.15) is 20.8 Å². The van der Waals surface area contributed by atoms with Crippen molar-refractivity contribution in [2.45, 2.75) is 38.6 Å². The van der Waals surface area contributed by atoms with Crippen molar-refractivity contribution < 1.29 is 46.5 Å².